The average Bonchev–Trinajstić information content (AvgIpc) is 2.17. The Morgan fingerprint density at radius 1 is 1.50 bits per heavy atom. The Balaban J connectivity index is 2.89. The molecule has 0 saturated heterocycles. The second-order valence-electron chi connectivity index (χ2n) is 3.57. The second kappa shape index (κ2) is 5.30. The molecule has 3 nitrogen and oxygen atoms in total. The van der Waals surface area contributed by atoms with Crippen LogP contribution in [0.25, 0.3) is 0 Å². The summed E-state index contributed by atoms with van der Waals surface area (Å²) in [6.45, 7) is 7.15. The number of halogens is 1. The lowest BCUT2D eigenvalue weighted by molar-refractivity contribution is -0.114. The van der Waals surface area contributed by atoms with E-state index in [0.717, 1.165) is 5.57 Å². The zero-order valence-corrected chi connectivity index (χ0v) is 9.34. The number of nitrogens with one attached hydrogen (secondary N) is 1. The summed E-state index contributed by atoms with van der Waals surface area (Å²) >= 11 is 0. The van der Waals surface area contributed by atoms with Crippen LogP contribution in [0, 0.1) is 5.82 Å². The smallest absolute Gasteiger partial charge is 0.221 e. The largest absolute Gasteiger partial charge is 0.487 e. The summed E-state index contributed by atoms with van der Waals surface area (Å²) in [4.78, 5) is 10.9. The number of ether oxygens (including phenoxy) is 1. The first kappa shape index (κ1) is 12.2. The third-order valence-corrected chi connectivity index (χ3v) is 1.73. The highest BCUT2D eigenvalue weighted by molar-refractivity contribution is 5.90. The SMILES string of the molecule is C=C(C)COc1cc(F)ccc1NC(C)=O. The van der Waals surface area contributed by atoms with Crippen LogP contribution < -0.4 is 10.1 Å². The Morgan fingerprint density at radius 3 is 2.75 bits per heavy atom. The first-order valence-electron chi connectivity index (χ1n) is 4.83. The van der Waals surface area contributed by atoms with Gasteiger partial charge in [-0.2, -0.15) is 0 Å². The molecule has 1 amide bonds. The van der Waals surface area contributed by atoms with Crippen molar-refractivity contribution in [2.75, 3.05) is 11.9 Å². The van der Waals surface area contributed by atoms with Crippen molar-refractivity contribution in [3.63, 3.8) is 0 Å². The van der Waals surface area contributed by atoms with Gasteiger partial charge in [0.1, 0.15) is 18.2 Å². The second-order valence-corrected chi connectivity index (χ2v) is 3.57. The third-order valence-electron chi connectivity index (χ3n) is 1.73. The number of amides is 1. The Bertz CT molecular complexity index is 415. The van der Waals surface area contributed by atoms with E-state index < -0.39 is 5.82 Å². The molecule has 0 heterocycles. The fourth-order valence-corrected chi connectivity index (χ4v) is 1.11. The van der Waals surface area contributed by atoms with E-state index in [4.69, 9.17) is 4.74 Å². The van der Waals surface area contributed by atoms with E-state index in [1.165, 1.54) is 25.1 Å². The molecule has 0 radical (unpaired) electrons. The molecule has 0 bridgehead atoms. The Labute approximate surface area is 93.9 Å². The molecular formula is C12H14FNO2. The van der Waals surface area contributed by atoms with Gasteiger partial charge in [-0.1, -0.05) is 6.58 Å². The fraction of sp³-hybridized carbons (Fsp3) is 0.250. The topological polar surface area (TPSA) is 38.3 Å². The van der Waals surface area contributed by atoms with Crippen LogP contribution in [-0.2, 0) is 4.79 Å². The molecule has 0 unspecified atom stereocenters. The molecule has 4 heteroatoms. The van der Waals surface area contributed by atoms with Crippen LogP contribution in [0.4, 0.5) is 10.1 Å². The average molecular weight is 223 g/mol. The number of hydrogen-bond acceptors (Lipinski definition) is 2. The van der Waals surface area contributed by atoms with Crippen molar-refractivity contribution in [2.24, 2.45) is 0 Å². The number of carbonyl (C=O) groups is 1. The molecule has 16 heavy (non-hydrogen) atoms. The number of carbonyl (C=O) groups excluding carboxylic acids is 1. The first-order chi connectivity index (χ1) is 7.49. The van der Waals surface area contributed by atoms with Gasteiger partial charge in [-0.15, -0.1) is 0 Å². The summed E-state index contributed by atoms with van der Waals surface area (Å²) in [6.07, 6.45) is 0. The van der Waals surface area contributed by atoms with Crippen molar-refractivity contribution in [3.05, 3.63) is 36.2 Å². The normalized spacial score (nSPS) is 9.69. The molecule has 1 N–H and O–H groups in total. The van der Waals surface area contributed by atoms with Gasteiger partial charge >= 0.3 is 0 Å². The molecular weight excluding hydrogens is 209 g/mol. The zero-order valence-electron chi connectivity index (χ0n) is 9.34. The molecule has 0 aromatic heterocycles. The van der Waals surface area contributed by atoms with Gasteiger partial charge in [-0.05, 0) is 24.6 Å². The third kappa shape index (κ3) is 3.73. The maximum atomic E-state index is 13.0. The minimum atomic E-state index is -0.411. The van der Waals surface area contributed by atoms with E-state index in [1.807, 2.05) is 0 Å². The van der Waals surface area contributed by atoms with E-state index in [9.17, 15) is 9.18 Å². The van der Waals surface area contributed by atoms with Crippen molar-refractivity contribution in [3.8, 4) is 5.75 Å². The number of anilines is 1. The molecule has 86 valence electrons. The number of hydrogen-bond donors (Lipinski definition) is 1. The van der Waals surface area contributed by atoms with Gasteiger partial charge in [0.2, 0.25) is 5.91 Å². The first-order valence-corrected chi connectivity index (χ1v) is 4.83. The molecule has 0 aliphatic rings. The van der Waals surface area contributed by atoms with Gasteiger partial charge in [-0.25, -0.2) is 4.39 Å². The van der Waals surface area contributed by atoms with Crippen LogP contribution in [0.5, 0.6) is 5.75 Å². The molecule has 0 aliphatic carbocycles. The number of rotatable bonds is 4. The highest BCUT2D eigenvalue weighted by Gasteiger charge is 2.06. The van der Waals surface area contributed by atoms with Crippen LogP contribution in [0.3, 0.4) is 0 Å². The highest BCUT2D eigenvalue weighted by atomic mass is 19.1. The van der Waals surface area contributed by atoms with E-state index >= 15 is 0 Å². The molecule has 1 rings (SSSR count). The summed E-state index contributed by atoms with van der Waals surface area (Å²) < 4.78 is 18.3. The van der Waals surface area contributed by atoms with Gasteiger partial charge in [0.25, 0.3) is 0 Å². The summed E-state index contributed by atoms with van der Waals surface area (Å²) in [6, 6.07) is 3.96. The molecule has 1 aromatic rings. The van der Waals surface area contributed by atoms with Gasteiger partial charge in [0, 0.05) is 13.0 Å². The highest BCUT2D eigenvalue weighted by Crippen LogP contribution is 2.25. The number of benzene rings is 1. The van der Waals surface area contributed by atoms with Gasteiger partial charge in [-0.3, -0.25) is 4.79 Å². The van der Waals surface area contributed by atoms with Crippen molar-refractivity contribution in [1.82, 2.24) is 0 Å². The van der Waals surface area contributed by atoms with Crippen LogP contribution in [-0.4, -0.2) is 12.5 Å². The summed E-state index contributed by atoms with van der Waals surface area (Å²) in [7, 11) is 0. The minimum Gasteiger partial charge on any atom is -0.487 e. The van der Waals surface area contributed by atoms with Crippen molar-refractivity contribution in [2.45, 2.75) is 13.8 Å². The van der Waals surface area contributed by atoms with Crippen LogP contribution in [0.15, 0.2) is 30.4 Å². The van der Waals surface area contributed by atoms with E-state index in [1.54, 1.807) is 6.92 Å². The van der Waals surface area contributed by atoms with Gasteiger partial charge in [0.05, 0.1) is 5.69 Å². The monoisotopic (exact) mass is 223 g/mol. The summed E-state index contributed by atoms with van der Waals surface area (Å²) in [5, 5.41) is 2.56. The Morgan fingerprint density at radius 2 is 2.19 bits per heavy atom. The van der Waals surface area contributed by atoms with Crippen molar-refractivity contribution < 1.29 is 13.9 Å². The summed E-state index contributed by atoms with van der Waals surface area (Å²) in [5.41, 5.74) is 1.27. The molecule has 1 aromatic carbocycles. The molecule has 0 atom stereocenters. The van der Waals surface area contributed by atoms with E-state index in [-0.39, 0.29) is 12.5 Å². The van der Waals surface area contributed by atoms with E-state index in [2.05, 4.69) is 11.9 Å². The standard InChI is InChI=1S/C12H14FNO2/c1-8(2)7-16-12-6-10(13)4-5-11(12)14-9(3)15/h4-6H,1,7H2,2-3H3,(H,14,15). The fourth-order valence-electron chi connectivity index (χ4n) is 1.11. The zero-order chi connectivity index (χ0) is 12.1. The quantitative estimate of drug-likeness (QED) is 0.797. The Kier molecular flexibility index (Phi) is 4.05. The maximum absolute atomic E-state index is 13.0. The maximum Gasteiger partial charge on any atom is 0.221 e. The molecule has 0 fully saturated rings. The van der Waals surface area contributed by atoms with Crippen molar-refractivity contribution >= 4 is 11.6 Å². The van der Waals surface area contributed by atoms with Crippen molar-refractivity contribution in [1.29, 1.82) is 0 Å². The molecule has 0 saturated carbocycles. The van der Waals surface area contributed by atoms with E-state index in [0.29, 0.717) is 11.4 Å². The lowest BCUT2D eigenvalue weighted by Gasteiger charge is -2.11. The van der Waals surface area contributed by atoms with Gasteiger partial charge in [0.15, 0.2) is 0 Å². The molecule has 0 spiro atoms. The van der Waals surface area contributed by atoms with Crippen LogP contribution in [0.1, 0.15) is 13.8 Å². The van der Waals surface area contributed by atoms with Crippen LogP contribution >= 0.6 is 0 Å². The predicted octanol–water partition coefficient (Wildman–Crippen LogP) is 2.74. The molecule has 0 aliphatic heterocycles. The predicted molar refractivity (Wildman–Crippen MR) is 61.0 cm³/mol. The lowest BCUT2D eigenvalue weighted by Crippen LogP contribution is -2.08. The lowest BCUT2D eigenvalue weighted by atomic mass is 10.2. The minimum absolute atomic E-state index is 0.230. The van der Waals surface area contributed by atoms with Gasteiger partial charge < -0.3 is 10.1 Å². The van der Waals surface area contributed by atoms with Crippen LogP contribution in [0.2, 0.25) is 0 Å². The Hall–Kier alpha value is -1.84. The summed E-state index contributed by atoms with van der Waals surface area (Å²) in [5.74, 6) is -0.337.